The third-order valence-electron chi connectivity index (χ3n) is 5.69. The Morgan fingerprint density at radius 3 is 2.42 bits per heavy atom. The second-order valence-corrected chi connectivity index (χ2v) is 9.58. The van der Waals surface area contributed by atoms with Crippen molar-refractivity contribution < 1.29 is 31.8 Å². The Morgan fingerprint density at radius 2 is 1.73 bits per heavy atom. The normalized spacial score (nSPS) is 18.5. The molecule has 172 valence electrons. The van der Waals surface area contributed by atoms with Crippen molar-refractivity contribution in [2.75, 3.05) is 6.61 Å². The Kier molecular flexibility index (Phi) is 5.89. The molecule has 1 atom stereocenters. The Hall–Kier alpha value is -3.37. The molecule has 1 unspecified atom stereocenters. The molecular formula is C23H22N2O7S. The molecule has 0 spiro atoms. The Bertz CT molecular complexity index is 1300. The topological polar surface area (TPSA) is 127 Å². The molecule has 4 rings (SSSR count). The highest BCUT2D eigenvalue weighted by Crippen LogP contribution is 2.33. The molecule has 10 heteroatoms. The van der Waals surface area contributed by atoms with Crippen molar-refractivity contribution in [3.63, 3.8) is 0 Å². The fraction of sp³-hybridized carbons (Fsp3) is 0.304. The molecule has 1 N–H and O–H groups in total. The zero-order valence-electron chi connectivity index (χ0n) is 18.1. The lowest BCUT2D eigenvalue weighted by atomic mass is 9.97. The van der Waals surface area contributed by atoms with Gasteiger partial charge in [0.2, 0.25) is 11.8 Å². The first-order valence-corrected chi connectivity index (χ1v) is 11.9. The molecule has 1 fully saturated rings. The average molecular weight is 471 g/mol. The molecule has 33 heavy (non-hydrogen) atoms. The van der Waals surface area contributed by atoms with Gasteiger partial charge >= 0.3 is 0 Å². The maximum Gasteiger partial charge on any atom is 0.296 e. The molecule has 4 amide bonds. The van der Waals surface area contributed by atoms with Gasteiger partial charge in [-0.3, -0.25) is 33.6 Å². The molecule has 0 aliphatic carbocycles. The maximum absolute atomic E-state index is 13.1. The molecular weight excluding hydrogens is 448 g/mol. The molecule has 0 bridgehead atoms. The van der Waals surface area contributed by atoms with Crippen LogP contribution in [0.25, 0.3) is 11.1 Å². The second kappa shape index (κ2) is 8.53. The van der Waals surface area contributed by atoms with Crippen LogP contribution in [0.5, 0.6) is 0 Å². The number of amides is 4. The van der Waals surface area contributed by atoms with Crippen LogP contribution in [0, 0.1) is 6.92 Å². The van der Waals surface area contributed by atoms with Crippen LogP contribution in [0.2, 0.25) is 0 Å². The predicted molar refractivity (Wildman–Crippen MR) is 117 cm³/mol. The number of hydrogen-bond donors (Lipinski definition) is 1. The second-order valence-electron chi connectivity index (χ2n) is 7.96. The van der Waals surface area contributed by atoms with Crippen LogP contribution in [0.4, 0.5) is 0 Å². The molecule has 1 saturated heterocycles. The van der Waals surface area contributed by atoms with Gasteiger partial charge in [0, 0.05) is 6.42 Å². The van der Waals surface area contributed by atoms with Gasteiger partial charge in [-0.05, 0) is 60.7 Å². The first-order valence-electron chi connectivity index (χ1n) is 10.5. The van der Waals surface area contributed by atoms with Crippen LogP contribution in [-0.2, 0) is 23.9 Å². The number of rotatable bonds is 6. The number of aryl methyl sites for hydroxylation is 1. The summed E-state index contributed by atoms with van der Waals surface area (Å²) in [5.41, 5.74) is 2.16. The molecule has 2 aliphatic heterocycles. The summed E-state index contributed by atoms with van der Waals surface area (Å²) in [5.74, 6) is -2.35. The largest absolute Gasteiger partial charge is 0.296 e. The number of benzene rings is 2. The Labute approximate surface area is 190 Å². The van der Waals surface area contributed by atoms with Crippen molar-refractivity contribution >= 4 is 33.7 Å². The van der Waals surface area contributed by atoms with E-state index in [9.17, 15) is 27.6 Å². The van der Waals surface area contributed by atoms with Gasteiger partial charge in [-0.2, -0.15) is 8.42 Å². The minimum Gasteiger partial charge on any atom is -0.295 e. The van der Waals surface area contributed by atoms with Crippen molar-refractivity contribution in [2.45, 2.75) is 44.0 Å². The van der Waals surface area contributed by atoms with Gasteiger partial charge < -0.3 is 0 Å². The molecule has 0 aromatic heterocycles. The van der Waals surface area contributed by atoms with Crippen LogP contribution in [-0.4, -0.2) is 49.6 Å². The van der Waals surface area contributed by atoms with E-state index >= 15 is 0 Å². The van der Waals surface area contributed by atoms with Gasteiger partial charge in [0.15, 0.2) is 0 Å². The fourth-order valence-electron chi connectivity index (χ4n) is 3.97. The van der Waals surface area contributed by atoms with Gasteiger partial charge in [0.1, 0.15) is 6.04 Å². The van der Waals surface area contributed by atoms with Crippen LogP contribution in [0.1, 0.15) is 52.5 Å². The fourth-order valence-corrected chi connectivity index (χ4v) is 4.99. The van der Waals surface area contributed by atoms with Gasteiger partial charge in [0.25, 0.3) is 21.9 Å². The van der Waals surface area contributed by atoms with E-state index < -0.39 is 39.8 Å². The summed E-state index contributed by atoms with van der Waals surface area (Å²) in [6, 6.07) is 8.16. The quantitative estimate of drug-likeness (QED) is 0.506. The van der Waals surface area contributed by atoms with Crippen LogP contribution in [0.3, 0.4) is 0 Å². The summed E-state index contributed by atoms with van der Waals surface area (Å²) in [6.45, 7) is 3.67. The highest BCUT2D eigenvalue weighted by Gasteiger charge is 2.44. The number of piperidine rings is 1. The smallest absolute Gasteiger partial charge is 0.295 e. The summed E-state index contributed by atoms with van der Waals surface area (Å²) >= 11 is 0. The van der Waals surface area contributed by atoms with E-state index in [1.54, 1.807) is 26.0 Å². The van der Waals surface area contributed by atoms with Gasteiger partial charge in [-0.25, -0.2) is 0 Å². The summed E-state index contributed by atoms with van der Waals surface area (Å²) in [5, 5.41) is 2.16. The minimum absolute atomic E-state index is 0.00961. The van der Waals surface area contributed by atoms with E-state index in [1.807, 2.05) is 0 Å². The van der Waals surface area contributed by atoms with Crippen molar-refractivity contribution in [3.8, 4) is 11.1 Å². The van der Waals surface area contributed by atoms with E-state index in [2.05, 4.69) is 5.32 Å². The zero-order chi connectivity index (χ0) is 23.9. The summed E-state index contributed by atoms with van der Waals surface area (Å²) in [4.78, 5) is 50.5. The first-order chi connectivity index (χ1) is 15.6. The van der Waals surface area contributed by atoms with E-state index in [0.717, 1.165) is 10.5 Å². The molecule has 2 heterocycles. The predicted octanol–water partition coefficient (Wildman–Crippen LogP) is 2.18. The van der Waals surface area contributed by atoms with E-state index in [0.29, 0.717) is 17.5 Å². The van der Waals surface area contributed by atoms with E-state index in [1.165, 1.54) is 24.3 Å². The van der Waals surface area contributed by atoms with Gasteiger partial charge in [-0.15, -0.1) is 0 Å². The number of carbonyl (C=O) groups is 4. The first kappa shape index (κ1) is 22.8. The number of carbonyl (C=O) groups excluding carboxylic acids is 4. The average Bonchev–Trinajstić information content (AvgIpc) is 3.02. The van der Waals surface area contributed by atoms with E-state index in [4.69, 9.17) is 4.18 Å². The molecule has 2 aromatic rings. The third kappa shape index (κ3) is 4.07. The summed E-state index contributed by atoms with van der Waals surface area (Å²) in [6.07, 6.45) is 0.651. The van der Waals surface area contributed by atoms with Crippen molar-refractivity contribution in [2.24, 2.45) is 0 Å². The molecule has 0 saturated carbocycles. The Balaban J connectivity index is 1.70. The van der Waals surface area contributed by atoms with Crippen LogP contribution < -0.4 is 5.32 Å². The monoisotopic (exact) mass is 470 g/mol. The van der Waals surface area contributed by atoms with Gasteiger partial charge in [0.05, 0.1) is 22.6 Å². The summed E-state index contributed by atoms with van der Waals surface area (Å²) in [7, 11) is -3.94. The third-order valence-corrected chi connectivity index (χ3v) is 7.00. The molecule has 0 radical (unpaired) electrons. The van der Waals surface area contributed by atoms with Crippen molar-refractivity contribution in [3.05, 3.63) is 53.1 Å². The molecule has 9 nitrogen and oxygen atoms in total. The highest BCUT2D eigenvalue weighted by molar-refractivity contribution is 7.86. The maximum atomic E-state index is 13.1. The Morgan fingerprint density at radius 1 is 1.00 bits per heavy atom. The lowest BCUT2D eigenvalue weighted by Crippen LogP contribution is -2.54. The number of fused-ring (bicyclic) bond motifs is 1. The van der Waals surface area contributed by atoms with Crippen molar-refractivity contribution in [1.82, 2.24) is 10.2 Å². The SMILES string of the molecule is CCCOS(=O)(=O)c1ccc(C)c(-c2ccc3c(c2)C(=O)N(C2CCC(=O)NC2=O)C3=O)c1. The number of imide groups is 2. The lowest BCUT2D eigenvalue weighted by molar-refractivity contribution is -0.136. The van der Waals surface area contributed by atoms with Crippen LogP contribution in [0.15, 0.2) is 41.3 Å². The highest BCUT2D eigenvalue weighted by atomic mass is 32.2. The van der Waals surface area contributed by atoms with E-state index in [-0.39, 0.29) is 35.5 Å². The van der Waals surface area contributed by atoms with Gasteiger partial charge in [-0.1, -0.05) is 19.1 Å². The molecule has 2 aliphatic rings. The number of nitrogens with zero attached hydrogens (tertiary/aromatic N) is 1. The summed E-state index contributed by atoms with van der Waals surface area (Å²) < 4.78 is 29.9. The number of nitrogens with one attached hydrogen (secondary N) is 1. The standard InChI is InChI=1S/C23H22N2O7S/c1-3-10-32-33(30,31)15-6-4-13(2)17(12-15)14-5-7-16-18(11-14)23(29)25(22(16)28)19-8-9-20(26)24-21(19)27/h4-7,11-12,19H,3,8-10H2,1-2H3,(H,24,26,27). The minimum atomic E-state index is -3.94. The van der Waals surface area contributed by atoms with Crippen LogP contribution >= 0.6 is 0 Å². The zero-order valence-corrected chi connectivity index (χ0v) is 18.9. The lowest BCUT2D eigenvalue weighted by Gasteiger charge is -2.27. The van der Waals surface area contributed by atoms with Crippen molar-refractivity contribution in [1.29, 1.82) is 0 Å². The molecule has 2 aromatic carbocycles. The number of hydrogen-bond acceptors (Lipinski definition) is 7.